The maximum Gasteiger partial charge on any atom is 0.236 e. The molecule has 0 bridgehead atoms. The van der Waals surface area contributed by atoms with E-state index < -0.39 is 0 Å². The molecule has 0 aromatic heterocycles. The molecule has 1 aromatic carbocycles. The lowest BCUT2D eigenvalue weighted by atomic mass is 10.0. The zero-order chi connectivity index (χ0) is 12.8. The minimum absolute atomic E-state index is 0.215. The number of hydrogen-bond acceptors (Lipinski definition) is 1. The van der Waals surface area contributed by atoms with Gasteiger partial charge in [0.25, 0.3) is 0 Å². The fourth-order valence-corrected chi connectivity index (χ4v) is 2.67. The molecular weight excluding hydrogens is 337 g/mol. The molecule has 0 unspecified atom stereocenters. The summed E-state index contributed by atoms with van der Waals surface area (Å²) < 4.78 is 0.544. The van der Waals surface area contributed by atoms with Gasteiger partial charge in [0, 0.05) is 5.70 Å². The number of benzene rings is 1. The number of alkyl halides is 1. The van der Waals surface area contributed by atoms with Crippen molar-refractivity contribution in [1.29, 1.82) is 0 Å². The van der Waals surface area contributed by atoms with Crippen LogP contribution < -0.4 is 0 Å². The van der Waals surface area contributed by atoms with E-state index in [1.165, 1.54) is 24.1 Å². The Bertz CT molecular complexity index is 427. The van der Waals surface area contributed by atoms with E-state index in [0.717, 1.165) is 12.8 Å². The number of amides is 1. The molecule has 3 heteroatoms. The summed E-state index contributed by atoms with van der Waals surface area (Å²) in [6, 6.07) is 10.2. The molecule has 1 aromatic rings. The SMILES string of the molecule is O=C(CI)N(Cc1ccccc1)C1=CCCCC1. The van der Waals surface area contributed by atoms with E-state index in [0.29, 0.717) is 11.0 Å². The molecule has 18 heavy (non-hydrogen) atoms. The van der Waals surface area contributed by atoms with E-state index in [-0.39, 0.29) is 5.91 Å². The first kappa shape index (κ1) is 13.6. The molecule has 0 atom stereocenters. The van der Waals surface area contributed by atoms with Crippen LogP contribution in [0.3, 0.4) is 0 Å². The van der Waals surface area contributed by atoms with Gasteiger partial charge < -0.3 is 4.90 Å². The summed E-state index contributed by atoms with van der Waals surface area (Å²) in [7, 11) is 0. The first-order valence-corrected chi connectivity index (χ1v) is 7.93. The van der Waals surface area contributed by atoms with E-state index in [4.69, 9.17) is 0 Å². The third kappa shape index (κ3) is 3.57. The summed E-state index contributed by atoms with van der Waals surface area (Å²) in [6.45, 7) is 0.703. The second-order valence-corrected chi connectivity index (χ2v) is 5.30. The molecule has 0 aliphatic heterocycles. The molecule has 0 N–H and O–H groups in total. The van der Waals surface area contributed by atoms with Gasteiger partial charge in [-0.25, -0.2) is 0 Å². The van der Waals surface area contributed by atoms with Crippen molar-refractivity contribution >= 4 is 28.5 Å². The predicted octanol–water partition coefficient (Wildman–Crippen LogP) is 3.91. The molecule has 0 radical (unpaired) electrons. The van der Waals surface area contributed by atoms with Crippen LogP contribution in [0.2, 0.25) is 0 Å². The Morgan fingerprint density at radius 2 is 2.00 bits per heavy atom. The van der Waals surface area contributed by atoms with Gasteiger partial charge in [-0.2, -0.15) is 0 Å². The molecule has 96 valence electrons. The van der Waals surface area contributed by atoms with Crippen LogP contribution in [-0.2, 0) is 11.3 Å². The molecule has 0 saturated heterocycles. The highest BCUT2D eigenvalue weighted by Gasteiger charge is 2.18. The fourth-order valence-electron chi connectivity index (χ4n) is 2.25. The van der Waals surface area contributed by atoms with Crippen molar-refractivity contribution in [3.05, 3.63) is 47.7 Å². The number of hydrogen-bond donors (Lipinski definition) is 0. The highest BCUT2D eigenvalue weighted by molar-refractivity contribution is 14.1. The van der Waals surface area contributed by atoms with Crippen LogP contribution in [-0.4, -0.2) is 15.2 Å². The van der Waals surface area contributed by atoms with Crippen molar-refractivity contribution in [2.45, 2.75) is 32.2 Å². The lowest BCUT2D eigenvalue weighted by Gasteiger charge is -2.27. The Balaban J connectivity index is 2.15. The number of halogens is 1. The summed E-state index contributed by atoms with van der Waals surface area (Å²) in [5.41, 5.74) is 2.41. The van der Waals surface area contributed by atoms with E-state index in [2.05, 4.69) is 40.8 Å². The standard InChI is InChI=1S/C15H18INO/c16-11-15(18)17(14-9-5-2-6-10-14)12-13-7-3-1-4-8-13/h1,3-4,7-9H,2,5-6,10-12H2. The van der Waals surface area contributed by atoms with E-state index in [1.807, 2.05) is 23.1 Å². The van der Waals surface area contributed by atoms with Crippen LogP contribution in [0, 0.1) is 0 Å². The van der Waals surface area contributed by atoms with Gasteiger partial charge in [-0.05, 0) is 31.2 Å². The number of carbonyl (C=O) groups excluding carboxylic acids is 1. The second kappa shape index (κ2) is 6.92. The van der Waals surface area contributed by atoms with Crippen molar-refractivity contribution in [2.24, 2.45) is 0 Å². The van der Waals surface area contributed by atoms with Crippen molar-refractivity contribution in [3.8, 4) is 0 Å². The minimum atomic E-state index is 0.215. The lowest BCUT2D eigenvalue weighted by Crippen LogP contribution is -2.31. The molecule has 1 amide bonds. The van der Waals surface area contributed by atoms with Crippen LogP contribution >= 0.6 is 22.6 Å². The summed E-state index contributed by atoms with van der Waals surface area (Å²) in [6.07, 6.45) is 6.83. The average molecular weight is 355 g/mol. The summed E-state index contributed by atoms with van der Waals surface area (Å²) in [4.78, 5) is 14.1. The largest absolute Gasteiger partial charge is 0.311 e. The van der Waals surface area contributed by atoms with Gasteiger partial charge in [-0.15, -0.1) is 0 Å². The third-order valence-electron chi connectivity index (χ3n) is 3.21. The van der Waals surface area contributed by atoms with Gasteiger partial charge in [0.1, 0.15) is 0 Å². The molecule has 0 spiro atoms. The Morgan fingerprint density at radius 3 is 2.61 bits per heavy atom. The average Bonchev–Trinajstić information content (AvgIpc) is 2.46. The molecule has 2 rings (SSSR count). The second-order valence-electron chi connectivity index (χ2n) is 4.54. The zero-order valence-electron chi connectivity index (χ0n) is 10.4. The molecule has 0 saturated carbocycles. The Kier molecular flexibility index (Phi) is 5.23. The van der Waals surface area contributed by atoms with Crippen molar-refractivity contribution < 1.29 is 4.79 Å². The zero-order valence-corrected chi connectivity index (χ0v) is 12.6. The summed E-state index contributed by atoms with van der Waals surface area (Å²) >= 11 is 2.15. The van der Waals surface area contributed by atoms with Gasteiger partial charge >= 0.3 is 0 Å². The lowest BCUT2D eigenvalue weighted by molar-refractivity contribution is -0.126. The normalized spacial score (nSPS) is 15.1. The number of nitrogens with zero attached hydrogens (tertiary/aromatic N) is 1. The number of carbonyl (C=O) groups is 1. The number of rotatable bonds is 4. The van der Waals surface area contributed by atoms with Crippen molar-refractivity contribution in [1.82, 2.24) is 4.90 Å². The molecule has 0 fully saturated rings. The van der Waals surface area contributed by atoms with Gasteiger partial charge in [-0.1, -0.05) is 59.0 Å². The first-order chi connectivity index (χ1) is 8.81. The Hall–Kier alpha value is -0.840. The van der Waals surface area contributed by atoms with Crippen molar-refractivity contribution in [3.63, 3.8) is 0 Å². The maximum atomic E-state index is 12.1. The monoisotopic (exact) mass is 355 g/mol. The number of allylic oxidation sites excluding steroid dienone is 2. The van der Waals surface area contributed by atoms with Crippen LogP contribution in [0.25, 0.3) is 0 Å². The van der Waals surface area contributed by atoms with Gasteiger partial charge in [-0.3, -0.25) is 4.79 Å². The van der Waals surface area contributed by atoms with Crippen LogP contribution in [0.1, 0.15) is 31.2 Å². The van der Waals surface area contributed by atoms with Gasteiger partial charge in [0.2, 0.25) is 5.91 Å². The smallest absolute Gasteiger partial charge is 0.236 e. The van der Waals surface area contributed by atoms with Gasteiger partial charge in [0.15, 0.2) is 0 Å². The predicted molar refractivity (Wildman–Crippen MR) is 82.4 cm³/mol. The molecule has 2 nitrogen and oxygen atoms in total. The molecular formula is C15H18INO. The fraction of sp³-hybridized carbons (Fsp3) is 0.400. The molecule has 1 aliphatic rings. The summed E-state index contributed by atoms with van der Waals surface area (Å²) in [5.74, 6) is 0.215. The van der Waals surface area contributed by atoms with E-state index >= 15 is 0 Å². The van der Waals surface area contributed by atoms with E-state index in [9.17, 15) is 4.79 Å². The quantitative estimate of drug-likeness (QED) is 0.593. The van der Waals surface area contributed by atoms with E-state index in [1.54, 1.807) is 0 Å². The first-order valence-electron chi connectivity index (χ1n) is 6.40. The minimum Gasteiger partial charge on any atom is -0.311 e. The maximum absolute atomic E-state index is 12.1. The Labute approximate surface area is 122 Å². The molecule has 1 aliphatic carbocycles. The summed E-state index contributed by atoms with van der Waals surface area (Å²) in [5, 5.41) is 0. The van der Waals surface area contributed by atoms with Gasteiger partial charge in [0.05, 0.1) is 11.0 Å². The third-order valence-corrected chi connectivity index (χ3v) is 3.87. The topological polar surface area (TPSA) is 20.3 Å². The van der Waals surface area contributed by atoms with Crippen LogP contribution in [0.15, 0.2) is 42.1 Å². The molecule has 0 heterocycles. The Morgan fingerprint density at radius 1 is 1.22 bits per heavy atom. The van der Waals surface area contributed by atoms with Crippen LogP contribution in [0.4, 0.5) is 0 Å². The highest BCUT2D eigenvalue weighted by atomic mass is 127. The van der Waals surface area contributed by atoms with Crippen molar-refractivity contribution in [2.75, 3.05) is 4.43 Å². The van der Waals surface area contributed by atoms with Crippen LogP contribution in [0.5, 0.6) is 0 Å². The highest BCUT2D eigenvalue weighted by Crippen LogP contribution is 2.23.